The Morgan fingerprint density at radius 1 is 1.29 bits per heavy atom. The first-order valence-corrected chi connectivity index (χ1v) is 7.75. The first kappa shape index (κ1) is 16.4. The summed E-state index contributed by atoms with van der Waals surface area (Å²) in [6.07, 6.45) is -4.37. The van der Waals surface area contributed by atoms with Crippen LogP contribution in [0.1, 0.15) is 33.5 Å². The van der Waals surface area contributed by atoms with Crippen LogP contribution < -0.4 is 5.56 Å². The highest BCUT2D eigenvalue weighted by molar-refractivity contribution is 7.20. The average Bonchev–Trinajstić information content (AvgIpc) is 2.91. The first-order chi connectivity index (χ1) is 11.2. The maximum atomic E-state index is 12.8. The molecule has 0 aliphatic rings. The fourth-order valence-electron chi connectivity index (χ4n) is 2.28. The van der Waals surface area contributed by atoms with Gasteiger partial charge in [0.2, 0.25) is 0 Å². The molecule has 1 N–H and O–H groups in total. The zero-order valence-electron chi connectivity index (χ0n) is 12.4. The van der Waals surface area contributed by atoms with Crippen LogP contribution >= 0.6 is 11.3 Å². The van der Waals surface area contributed by atoms with Crippen molar-refractivity contribution in [3.63, 3.8) is 0 Å². The molecule has 3 rings (SSSR count). The monoisotopic (exact) mass is 352 g/mol. The summed E-state index contributed by atoms with van der Waals surface area (Å²) in [6, 6.07) is 6.34. The number of fused-ring (bicyclic) bond motifs is 1. The molecule has 0 saturated heterocycles. The van der Waals surface area contributed by atoms with Gasteiger partial charge in [0.05, 0.1) is 15.8 Å². The number of aromatic amines is 1. The molecule has 1 aromatic carbocycles. The van der Waals surface area contributed by atoms with Crippen LogP contribution in [0.2, 0.25) is 0 Å². The Labute approximate surface area is 138 Å². The SMILES string of the molecule is CC(=O)c1cc2c(=O)[nH]c(Cc3cccc(C(F)(F)F)c3)nc2s1. The molecule has 0 bridgehead atoms. The predicted molar refractivity (Wildman–Crippen MR) is 84.5 cm³/mol. The zero-order valence-corrected chi connectivity index (χ0v) is 13.2. The molecule has 0 atom stereocenters. The second-order valence-electron chi connectivity index (χ2n) is 5.27. The number of halogens is 3. The molecule has 124 valence electrons. The summed E-state index contributed by atoms with van der Waals surface area (Å²) in [6.45, 7) is 1.39. The van der Waals surface area contributed by atoms with Gasteiger partial charge < -0.3 is 4.98 Å². The molecule has 0 amide bonds. The van der Waals surface area contributed by atoms with E-state index in [9.17, 15) is 22.8 Å². The highest BCUT2D eigenvalue weighted by Gasteiger charge is 2.30. The number of benzene rings is 1. The van der Waals surface area contributed by atoms with Crippen LogP contribution in [0, 0.1) is 0 Å². The molecular weight excluding hydrogens is 341 g/mol. The summed E-state index contributed by atoms with van der Waals surface area (Å²) in [5.74, 6) is 0.0839. The number of ketones is 1. The van der Waals surface area contributed by atoms with Crippen LogP contribution in [-0.4, -0.2) is 15.8 Å². The molecule has 4 nitrogen and oxygen atoms in total. The van der Waals surface area contributed by atoms with Crippen LogP contribution in [0.4, 0.5) is 13.2 Å². The van der Waals surface area contributed by atoms with Gasteiger partial charge in [-0.3, -0.25) is 9.59 Å². The van der Waals surface area contributed by atoms with Gasteiger partial charge >= 0.3 is 6.18 Å². The molecular formula is C16H11F3N2O2S. The van der Waals surface area contributed by atoms with Gasteiger partial charge in [0, 0.05) is 6.42 Å². The number of Topliss-reactive ketones (excluding diaryl/α,β-unsaturated/α-hetero) is 1. The van der Waals surface area contributed by atoms with Gasteiger partial charge in [0.15, 0.2) is 5.78 Å². The Kier molecular flexibility index (Phi) is 4.00. The van der Waals surface area contributed by atoms with E-state index in [0.717, 1.165) is 23.5 Å². The first-order valence-electron chi connectivity index (χ1n) is 6.94. The number of nitrogens with one attached hydrogen (secondary N) is 1. The van der Waals surface area contributed by atoms with Crippen molar-refractivity contribution in [2.24, 2.45) is 0 Å². The van der Waals surface area contributed by atoms with Crippen molar-refractivity contribution in [1.82, 2.24) is 9.97 Å². The minimum atomic E-state index is -4.43. The Bertz CT molecular complexity index is 989. The number of carbonyl (C=O) groups is 1. The number of rotatable bonds is 3. The lowest BCUT2D eigenvalue weighted by molar-refractivity contribution is -0.137. The molecule has 24 heavy (non-hydrogen) atoms. The number of carbonyl (C=O) groups excluding carboxylic acids is 1. The lowest BCUT2D eigenvalue weighted by Crippen LogP contribution is -2.11. The van der Waals surface area contributed by atoms with E-state index in [-0.39, 0.29) is 18.0 Å². The van der Waals surface area contributed by atoms with E-state index < -0.39 is 17.3 Å². The fraction of sp³-hybridized carbons (Fsp3) is 0.188. The van der Waals surface area contributed by atoms with E-state index in [4.69, 9.17) is 0 Å². The third-order valence-corrected chi connectivity index (χ3v) is 4.55. The van der Waals surface area contributed by atoms with E-state index in [0.29, 0.717) is 20.7 Å². The van der Waals surface area contributed by atoms with E-state index in [1.807, 2.05) is 0 Å². The number of hydrogen-bond donors (Lipinski definition) is 1. The number of nitrogens with zero attached hydrogens (tertiary/aromatic N) is 1. The molecule has 0 saturated carbocycles. The standard InChI is InChI=1S/C16H11F3N2O2S/c1-8(22)12-7-11-14(23)20-13(21-15(11)24-12)6-9-3-2-4-10(5-9)16(17,18)19/h2-5,7H,6H2,1H3,(H,20,21,23). The topological polar surface area (TPSA) is 62.8 Å². The normalized spacial score (nSPS) is 11.8. The van der Waals surface area contributed by atoms with Crippen molar-refractivity contribution >= 4 is 27.3 Å². The molecule has 0 spiro atoms. The number of H-pyrrole nitrogens is 1. The minimum absolute atomic E-state index is 0.0579. The number of alkyl halides is 3. The van der Waals surface area contributed by atoms with Gasteiger partial charge in [-0.25, -0.2) is 4.98 Å². The summed E-state index contributed by atoms with van der Waals surface area (Å²) in [4.78, 5) is 31.1. The van der Waals surface area contributed by atoms with Crippen LogP contribution in [0.25, 0.3) is 10.2 Å². The van der Waals surface area contributed by atoms with Gasteiger partial charge in [0.1, 0.15) is 10.7 Å². The van der Waals surface area contributed by atoms with Crippen LogP contribution in [0.3, 0.4) is 0 Å². The molecule has 3 aromatic rings. The van der Waals surface area contributed by atoms with Gasteiger partial charge in [-0.1, -0.05) is 18.2 Å². The predicted octanol–water partition coefficient (Wildman–Crippen LogP) is 3.80. The number of aromatic nitrogens is 2. The summed E-state index contributed by atoms with van der Waals surface area (Å²) >= 11 is 1.09. The number of hydrogen-bond acceptors (Lipinski definition) is 4. The zero-order chi connectivity index (χ0) is 17.5. The van der Waals surface area contributed by atoms with E-state index in [1.54, 1.807) is 0 Å². The van der Waals surface area contributed by atoms with Crippen molar-refractivity contribution in [3.05, 3.63) is 62.5 Å². The maximum Gasteiger partial charge on any atom is 0.416 e. The van der Waals surface area contributed by atoms with Crippen molar-refractivity contribution < 1.29 is 18.0 Å². The molecule has 0 aliphatic carbocycles. The van der Waals surface area contributed by atoms with Gasteiger partial charge in [-0.15, -0.1) is 11.3 Å². The highest BCUT2D eigenvalue weighted by Crippen LogP contribution is 2.30. The lowest BCUT2D eigenvalue weighted by atomic mass is 10.1. The fourth-order valence-corrected chi connectivity index (χ4v) is 3.23. The van der Waals surface area contributed by atoms with Crippen molar-refractivity contribution in [1.29, 1.82) is 0 Å². The highest BCUT2D eigenvalue weighted by atomic mass is 32.1. The Balaban J connectivity index is 1.99. The number of thiophene rings is 1. The average molecular weight is 352 g/mol. The molecule has 0 fully saturated rings. The third-order valence-electron chi connectivity index (χ3n) is 3.42. The molecule has 0 unspecified atom stereocenters. The second kappa shape index (κ2) is 5.86. The van der Waals surface area contributed by atoms with Gasteiger partial charge in [0.25, 0.3) is 5.56 Å². The van der Waals surface area contributed by atoms with E-state index >= 15 is 0 Å². The smallest absolute Gasteiger partial charge is 0.310 e. The molecule has 0 radical (unpaired) electrons. The largest absolute Gasteiger partial charge is 0.416 e. The Morgan fingerprint density at radius 3 is 2.71 bits per heavy atom. The van der Waals surface area contributed by atoms with E-state index in [2.05, 4.69) is 9.97 Å². The van der Waals surface area contributed by atoms with Crippen LogP contribution in [0.5, 0.6) is 0 Å². The van der Waals surface area contributed by atoms with Crippen LogP contribution in [-0.2, 0) is 12.6 Å². The summed E-state index contributed by atoms with van der Waals surface area (Å²) in [5.41, 5.74) is -0.778. The summed E-state index contributed by atoms with van der Waals surface area (Å²) < 4.78 is 38.3. The Morgan fingerprint density at radius 2 is 2.04 bits per heavy atom. The van der Waals surface area contributed by atoms with E-state index in [1.165, 1.54) is 25.1 Å². The quantitative estimate of drug-likeness (QED) is 0.730. The maximum absolute atomic E-state index is 12.8. The lowest BCUT2D eigenvalue weighted by Gasteiger charge is -2.08. The Hall–Kier alpha value is -2.48. The molecule has 8 heteroatoms. The van der Waals surface area contributed by atoms with Gasteiger partial charge in [-0.2, -0.15) is 13.2 Å². The third kappa shape index (κ3) is 3.23. The van der Waals surface area contributed by atoms with Crippen LogP contribution in [0.15, 0.2) is 35.1 Å². The van der Waals surface area contributed by atoms with Crippen molar-refractivity contribution in [2.45, 2.75) is 19.5 Å². The molecule has 0 aliphatic heterocycles. The van der Waals surface area contributed by atoms with Crippen molar-refractivity contribution in [3.8, 4) is 0 Å². The minimum Gasteiger partial charge on any atom is -0.310 e. The molecule has 2 aromatic heterocycles. The summed E-state index contributed by atoms with van der Waals surface area (Å²) in [7, 11) is 0. The van der Waals surface area contributed by atoms with Crippen molar-refractivity contribution in [2.75, 3.05) is 0 Å². The molecule has 2 heterocycles. The van der Waals surface area contributed by atoms with Gasteiger partial charge in [-0.05, 0) is 24.6 Å². The summed E-state index contributed by atoms with van der Waals surface area (Å²) in [5, 5.41) is 0.304. The second-order valence-corrected chi connectivity index (χ2v) is 6.30.